The SMILES string of the molecule is CCN(CC)Cc1cnc2c(C(=O)N[C@@H]3CCN(C)C3=O)cnn2c1. The molecule has 1 atom stereocenters. The van der Waals surface area contributed by atoms with Crippen molar-refractivity contribution in [2.75, 3.05) is 26.7 Å². The highest BCUT2D eigenvalue weighted by atomic mass is 16.2. The van der Waals surface area contributed by atoms with Crippen LogP contribution in [0.4, 0.5) is 0 Å². The summed E-state index contributed by atoms with van der Waals surface area (Å²) in [5, 5.41) is 7.03. The predicted molar refractivity (Wildman–Crippen MR) is 93.1 cm³/mol. The van der Waals surface area contributed by atoms with Crippen LogP contribution in [0.3, 0.4) is 0 Å². The quantitative estimate of drug-likeness (QED) is 0.827. The fourth-order valence-electron chi connectivity index (χ4n) is 3.05. The standard InChI is InChI=1S/C17H24N6O2/c1-4-22(5-2)10-12-8-18-15-13(9-19-23(15)11-12)16(24)20-14-6-7-21(3)17(14)25/h8-9,11,14H,4-7,10H2,1-3H3,(H,20,24)/t14-/m1/s1. The third kappa shape index (κ3) is 3.48. The summed E-state index contributed by atoms with van der Waals surface area (Å²) in [6.07, 6.45) is 5.80. The summed E-state index contributed by atoms with van der Waals surface area (Å²) in [4.78, 5) is 32.8. The van der Waals surface area contributed by atoms with Crippen LogP contribution in [-0.4, -0.2) is 68.9 Å². The van der Waals surface area contributed by atoms with Crippen LogP contribution in [0, 0.1) is 0 Å². The molecular formula is C17H24N6O2. The van der Waals surface area contributed by atoms with E-state index in [2.05, 4.69) is 34.1 Å². The zero-order chi connectivity index (χ0) is 18.0. The summed E-state index contributed by atoms with van der Waals surface area (Å²) in [5.41, 5.74) is 1.93. The van der Waals surface area contributed by atoms with Crippen LogP contribution in [0.1, 0.15) is 36.2 Å². The van der Waals surface area contributed by atoms with Crippen molar-refractivity contribution in [3.63, 3.8) is 0 Å². The van der Waals surface area contributed by atoms with Crippen LogP contribution in [0.5, 0.6) is 0 Å². The molecule has 1 fully saturated rings. The van der Waals surface area contributed by atoms with Gasteiger partial charge in [0.15, 0.2) is 5.65 Å². The number of aromatic nitrogens is 3. The van der Waals surface area contributed by atoms with E-state index in [0.717, 1.165) is 25.2 Å². The summed E-state index contributed by atoms with van der Waals surface area (Å²) >= 11 is 0. The summed E-state index contributed by atoms with van der Waals surface area (Å²) < 4.78 is 1.62. The Morgan fingerprint density at radius 1 is 1.36 bits per heavy atom. The highest BCUT2D eigenvalue weighted by Crippen LogP contribution is 2.13. The Morgan fingerprint density at radius 3 is 2.76 bits per heavy atom. The van der Waals surface area contributed by atoms with E-state index in [9.17, 15) is 9.59 Å². The number of carbonyl (C=O) groups excluding carboxylic acids is 2. The fourth-order valence-corrected chi connectivity index (χ4v) is 3.05. The van der Waals surface area contributed by atoms with Crippen LogP contribution >= 0.6 is 0 Å². The third-order valence-electron chi connectivity index (χ3n) is 4.69. The summed E-state index contributed by atoms with van der Waals surface area (Å²) in [6.45, 7) is 7.61. The van der Waals surface area contributed by atoms with Gasteiger partial charge < -0.3 is 10.2 Å². The Morgan fingerprint density at radius 2 is 2.12 bits per heavy atom. The average molecular weight is 344 g/mol. The first-order valence-electron chi connectivity index (χ1n) is 8.64. The van der Waals surface area contributed by atoms with Gasteiger partial charge in [-0.2, -0.15) is 5.10 Å². The van der Waals surface area contributed by atoms with E-state index in [1.165, 1.54) is 6.20 Å². The van der Waals surface area contributed by atoms with E-state index >= 15 is 0 Å². The fraction of sp³-hybridized carbons (Fsp3) is 0.529. The summed E-state index contributed by atoms with van der Waals surface area (Å²) in [6, 6.07) is -0.464. The first-order valence-corrected chi connectivity index (χ1v) is 8.64. The molecule has 3 heterocycles. The van der Waals surface area contributed by atoms with Crippen molar-refractivity contribution >= 4 is 17.5 Å². The van der Waals surface area contributed by atoms with Crippen molar-refractivity contribution < 1.29 is 9.59 Å². The van der Waals surface area contributed by atoms with Gasteiger partial charge in [-0.3, -0.25) is 14.5 Å². The molecule has 3 rings (SSSR count). The van der Waals surface area contributed by atoms with Gasteiger partial charge in [0.25, 0.3) is 5.91 Å². The molecule has 1 aliphatic heterocycles. The number of likely N-dealkylation sites (N-methyl/N-ethyl adjacent to an activating group) is 1. The third-order valence-corrected chi connectivity index (χ3v) is 4.69. The number of hydrogen-bond acceptors (Lipinski definition) is 5. The lowest BCUT2D eigenvalue weighted by molar-refractivity contribution is -0.128. The molecule has 0 saturated carbocycles. The second-order valence-corrected chi connectivity index (χ2v) is 6.32. The molecule has 0 aromatic carbocycles. The number of fused-ring (bicyclic) bond motifs is 1. The predicted octanol–water partition coefficient (Wildman–Crippen LogP) is 0.532. The van der Waals surface area contributed by atoms with Crippen molar-refractivity contribution in [3.05, 3.63) is 29.7 Å². The minimum Gasteiger partial charge on any atom is -0.344 e. The van der Waals surface area contributed by atoms with Crippen molar-refractivity contribution in [2.24, 2.45) is 0 Å². The first-order chi connectivity index (χ1) is 12.0. The van der Waals surface area contributed by atoms with E-state index < -0.39 is 6.04 Å². The lowest BCUT2D eigenvalue weighted by Crippen LogP contribution is -2.40. The van der Waals surface area contributed by atoms with Crippen molar-refractivity contribution in [2.45, 2.75) is 32.9 Å². The normalized spacial score (nSPS) is 17.7. The largest absolute Gasteiger partial charge is 0.344 e. The maximum atomic E-state index is 12.5. The van der Waals surface area contributed by atoms with E-state index in [1.807, 2.05) is 6.20 Å². The second-order valence-electron chi connectivity index (χ2n) is 6.32. The molecule has 1 aliphatic rings. The van der Waals surface area contributed by atoms with Gasteiger partial charge in [-0.05, 0) is 19.5 Å². The van der Waals surface area contributed by atoms with Gasteiger partial charge in [-0.1, -0.05) is 13.8 Å². The average Bonchev–Trinajstić information content (AvgIpc) is 3.17. The molecule has 1 N–H and O–H groups in total. The van der Waals surface area contributed by atoms with Gasteiger partial charge in [0, 0.05) is 38.1 Å². The Labute approximate surface area is 146 Å². The molecule has 0 aliphatic carbocycles. The van der Waals surface area contributed by atoms with Gasteiger partial charge in [-0.25, -0.2) is 9.50 Å². The van der Waals surface area contributed by atoms with Crippen LogP contribution < -0.4 is 5.32 Å². The van der Waals surface area contributed by atoms with Gasteiger partial charge in [0.1, 0.15) is 11.6 Å². The monoisotopic (exact) mass is 344 g/mol. The second kappa shape index (κ2) is 7.18. The number of amides is 2. The molecule has 0 radical (unpaired) electrons. The van der Waals surface area contributed by atoms with Gasteiger partial charge in [0.2, 0.25) is 5.91 Å². The highest BCUT2D eigenvalue weighted by Gasteiger charge is 2.31. The minimum absolute atomic E-state index is 0.0562. The molecule has 134 valence electrons. The molecule has 2 aromatic heterocycles. The summed E-state index contributed by atoms with van der Waals surface area (Å²) in [5.74, 6) is -0.369. The van der Waals surface area contributed by atoms with E-state index in [-0.39, 0.29) is 11.8 Å². The first kappa shape index (κ1) is 17.3. The molecule has 8 nitrogen and oxygen atoms in total. The Hall–Kier alpha value is -2.48. The molecule has 0 unspecified atom stereocenters. The lowest BCUT2D eigenvalue weighted by Gasteiger charge is -2.17. The number of likely N-dealkylation sites (tertiary alicyclic amines) is 1. The molecular weight excluding hydrogens is 320 g/mol. The smallest absolute Gasteiger partial charge is 0.257 e. The maximum absolute atomic E-state index is 12.5. The topological polar surface area (TPSA) is 82.8 Å². The van der Waals surface area contributed by atoms with Gasteiger partial charge >= 0.3 is 0 Å². The number of nitrogens with one attached hydrogen (secondary N) is 1. The molecule has 8 heteroatoms. The van der Waals surface area contributed by atoms with Crippen molar-refractivity contribution in [3.8, 4) is 0 Å². The van der Waals surface area contributed by atoms with Crippen LogP contribution in [0.15, 0.2) is 18.6 Å². The van der Waals surface area contributed by atoms with Crippen LogP contribution in [0.2, 0.25) is 0 Å². The lowest BCUT2D eigenvalue weighted by atomic mass is 10.2. The van der Waals surface area contributed by atoms with E-state index in [1.54, 1.807) is 22.7 Å². The molecule has 0 bridgehead atoms. The molecule has 2 aromatic rings. The zero-order valence-electron chi connectivity index (χ0n) is 14.9. The molecule has 0 spiro atoms. The maximum Gasteiger partial charge on any atom is 0.257 e. The van der Waals surface area contributed by atoms with Gasteiger partial charge in [0.05, 0.1) is 6.20 Å². The number of rotatable bonds is 6. The number of carbonyl (C=O) groups is 2. The Balaban J connectivity index is 1.76. The van der Waals surface area contributed by atoms with E-state index in [0.29, 0.717) is 24.2 Å². The number of nitrogens with zero attached hydrogens (tertiary/aromatic N) is 5. The van der Waals surface area contributed by atoms with Crippen molar-refractivity contribution in [1.82, 2.24) is 29.7 Å². The number of hydrogen-bond donors (Lipinski definition) is 1. The van der Waals surface area contributed by atoms with E-state index in [4.69, 9.17) is 0 Å². The molecule has 1 saturated heterocycles. The minimum atomic E-state index is -0.464. The summed E-state index contributed by atoms with van der Waals surface area (Å²) in [7, 11) is 1.74. The van der Waals surface area contributed by atoms with Crippen LogP contribution in [0.25, 0.3) is 5.65 Å². The van der Waals surface area contributed by atoms with Crippen molar-refractivity contribution in [1.29, 1.82) is 0 Å². The Bertz CT molecular complexity index is 783. The zero-order valence-corrected chi connectivity index (χ0v) is 14.9. The van der Waals surface area contributed by atoms with Gasteiger partial charge in [-0.15, -0.1) is 0 Å². The van der Waals surface area contributed by atoms with Crippen LogP contribution in [-0.2, 0) is 11.3 Å². The highest BCUT2D eigenvalue weighted by molar-refractivity contribution is 6.02. The Kier molecular flexibility index (Phi) is 4.98. The molecule has 2 amide bonds. The molecule has 25 heavy (non-hydrogen) atoms.